The smallest absolute Gasteiger partial charge is 0.223 e. The Balaban J connectivity index is 1.79. The van der Waals surface area contributed by atoms with Gasteiger partial charge in [-0.1, -0.05) is 41.9 Å². The predicted molar refractivity (Wildman–Crippen MR) is 78.6 cm³/mol. The molecule has 1 aliphatic rings. The molecule has 104 valence electrons. The number of nitrogens with one attached hydrogen (secondary N) is 1. The molecule has 20 heavy (non-hydrogen) atoms. The second-order valence-electron chi connectivity index (χ2n) is 4.68. The van der Waals surface area contributed by atoms with Gasteiger partial charge in [-0.2, -0.15) is 4.98 Å². The Morgan fingerprint density at radius 1 is 1.25 bits per heavy atom. The summed E-state index contributed by atoms with van der Waals surface area (Å²) in [5.74, 6) is 0.786. The number of nitrogens with zero attached hydrogens (tertiary/aromatic N) is 2. The van der Waals surface area contributed by atoms with Crippen molar-refractivity contribution in [3.05, 3.63) is 47.1 Å². The third-order valence-electron chi connectivity index (χ3n) is 3.27. The Hall–Kier alpha value is -1.85. The van der Waals surface area contributed by atoms with Gasteiger partial charge in [0.2, 0.25) is 5.95 Å². The maximum atomic E-state index is 5.89. The number of rotatable bonds is 3. The van der Waals surface area contributed by atoms with E-state index in [-0.39, 0.29) is 18.1 Å². The predicted octanol–water partition coefficient (Wildman–Crippen LogP) is 2.65. The molecule has 2 heterocycles. The van der Waals surface area contributed by atoms with Crippen LogP contribution >= 0.6 is 11.6 Å². The van der Waals surface area contributed by atoms with Crippen molar-refractivity contribution in [3.8, 4) is 0 Å². The van der Waals surface area contributed by atoms with Crippen LogP contribution in [0.2, 0.25) is 5.15 Å². The summed E-state index contributed by atoms with van der Waals surface area (Å²) in [4.78, 5) is 7.99. The maximum Gasteiger partial charge on any atom is 0.223 e. The minimum Gasteiger partial charge on any atom is -0.371 e. The van der Waals surface area contributed by atoms with Crippen LogP contribution in [0.3, 0.4) is 0 Å². The second-order valence-corrected chi connectivity index (χ2v) is 5.06. The quantitative estimate of drug-likeness (QED) is 0.850. The summed E-state index contributed by atoms with van der Waals surface area (Å²) >= 11 is 5.89. The number of nitrogen functional groups attached to an aromatic ring is 1. The molecule has 0 bridgehead atoms. The molecule has 2 unspecified atom stereocenters. The number of halogens is 1. The van der Waals surface area contributed by atoms with Crippen LogP contribution in [0.25, 0.3) is 0 Å². The van der Waals surface area contributed by atoms with Crippen LogP contribution in [0.1, 0.15) is 18.1 Å². The van der Waals surface area contributed by atoms with Crippen LogP contribution in [0.15, 0.2) is 36.4 Å². The molecule has 1 aromatic heterocycles. The fourth-order valence-corrected chi connectivity index (χ4v) is 2.60. The van der Waals surface area contributed by atoms with Crippen molar-refractivity contribution in [3.63, 3.8) is 0 Å². The molecule has 0 radical (unpaired) electrons. The van der Waals surface area contributed by atoms with Gasteiger partial charge in [0.15, 0.2) is 0 Å². The Morgan fingerprint density at radius 3 is 2.80 bits per heavy atom. The van der Waals surface area contributed by atoms with Crippen LogP contribution in [0.4, 0.5) is 11.8 Å². The highest BCUT2D eigenvalue weighted by Gasteiger charge is 2.29. The standard InChI is InChI=1S/C14H15ClN4O/c15-11-8-12(19-14(16)18-11)17-10-6-7-20-13(10)9-4-2-1-3-5-9/h1-5,8,10,13H,6-7H2,(H3,16,17,18,19). The zero-order chi connectivity index (χ0) is 13.9. The maximum absolute atomic E-state index is 5.89. The van der Waals surface area contributed by atoms with Crippen molar-refractivity contribution in [2.75, 3.05) is 17.7 Å². The lowest BCUT2D eigenvalue weighted by Crippen LogP contribution is -2.24. The van der Waals surface area contributed by atoms with Crippen LogP contribution in [-0.4, -0.2) is 22.6 Å². The molecule has 1 aliphatic heterocycles. The van der Waals surface area contributed by atoms with Gasteiger partial charge in [0, 0.05) is 12.7 Å². The molecule has 0 saturated carbocycles. The van der Waals surface area contributed by atoms with Crippen molar-refractivity contribution in [2.45, 2.75) is 18.6 Å². The summed E-state index contributed by atoms with van der Waals surface area (Å²) in [6, 6.07) is 11.9. The van der Waals surface area contributed by atoms with Gasteiger partial charge < -0.3 is 15.8 Å². The van der Waals surface area contributed by atoms with Crippen molar-refractivity contribution in [1.82, 2.24) is 9.97 Å². The van der Waals surface area contributed by atoms with E-state index in [1.807, 2.05) is 18.2 Å². The van der Waals surface area contributed by atoms with Gasteiger partial charge in [0.1, 0.15) is 17.1 Å². The molecular formula is C14H15ClN4O. The number of aromatic nitrogens is 2. The van der Waals surface area contributed by atoms with Gasteiger partial charge in [-0.05, 0) is 12.0 Å². The summed E-state index contributed by atoms with van der Waals surface area (Å²) in [5, 5.41) is 3.66. The topological polar surface area (TPSA) is 73.1 Å². The molecule has 1 saturated heterocycles. The monoisotopic (exact) mass is 290 g/mol. The Labute approximate surface area is 122 Å². The Bertz CT molecular complexity index is 573. The average Bonchev–Trinajstić information content (AvgIpc) is 2.86. The molecule has 0 aliphatic carbocycles. The largest absolute Gasteiger partial charge is 0.371 e. The molecular weight excluding hydrogens is 276 g/mol. The third kappa shape index (κ3) is 2.84. The van der Waals surface area contributed by atoms with E-state index >= 15 is 0 Å². The molecule has 0 amide bonds. The normalized spacial score (nSPS) is 21.9. The lowest BCUT2D eigenvalue weighted by molar-refractivity contribution is 0.107. The molecule has 1 aromatic carbocycles. The van der Waals surface area contributed by atoms with Gasteiger partial charge in [-0.15, -0.1) is 0 Å². The van der Waals surface area contributed by atoms with E-state index in [2.05, 4.69) is 27.4 Å². The molecule has 1 fully saturated rings. The number of benzene rings is 1. The first-order valence-corrected chi connectivity index (χ1v) is 6.83. The Kier molecular flexibility index (Phi) is 3.71. The van der Waals surface area contributed by atoms with Crippen molar-refractivity contribution >= 4 is 23.4 Å². The fourth-order valence-electron chi connectivity index (χ4n) is 2.41. The van der Waals surface area contributed by atoms with Crippen LogP contribution in [-0.2, 0) is 4.74 Å². The number of ether oxygens (including phenoxy) is 1. The average molecular weight is 291 g/mol. The SMILES string of the molecule is Nc1nc(Cl)cc(NC2CCOC2c2ccccc2)n1. The van der Waals surface area contributed by atoms with E-state index in [0.717, 1.165) is 12.0 Å². The van der Waals surface area contributed by atoms with Crippen LogP contribution < -0.4 is 11.1 Å². The highest BCUT2D eigenvalue weighted by atomic mass is 35.5. The van der Waals surface area contributed by atoms with Crippen LogP contribution in [0.5, 0.6) is 0 Å². The molecule has 2 atom stereocenters. The van der Waals surface area contributed by atoms with E-state index in [4.69, 9.17) is 22.1 Å². The van der Waals surface area contributed by atoms with Gasteiger partial charge in [0.25, 0.3) is 0 Å². The van der Waals surface area contributed by atoms with E-state index in [1.165, 1.54) is 0 Å². The summed E-state index contributed by atoms with van der Waals surface area (Å²) in [5.41, 5.74) is 6.75. The molecule has 6 heteroatoms. The van der Waals surface area contributed by atoms with Gasteiger partial charge in [0.05, 0.1) is 6.04 Å². The fraction of sp³-hybridized carbons (Fsp3) is 0.286. The number of nitrogens with two attached hydrogens (primary N) is 1. The highest BCUT2D eigenvalue weighted by Crippen LogP contribution is 2.31. The van der Waals surface area contributed by atoms with Gasteiger partial charge in [-0.25, -0.2) is 4.98 Å². The molecule has 3 rings (SSSR count). The first kappa shape index (κ1) is 13.1. The summed E-state index contributed by atoms with van der Waals surface area (Å²) in [6.07, 6.45) is 0.910. The lowest BCUT2D eigenvalue weighted by atomic mass is 10.0. The van der Waals surface area contributed by atoms with Crippen molar-refractivity contribution < 1.29 is 4.74 Å². The first-order chi connectivity index (χ1) is 9.72. The number of hydrogen-bond donors (Lipinski definition) is 2. The first-order valence-electron chi connectivity index (χ1n) is 6.45. The summed E-state index contributed by atoms with van der Waals surface area (Å²) in [7, 11) is 0. The van der Waals surface area contributed by atoms with E-state index in [0.29, 0.717) is 17.6 Å². The zero-order valence-electron chi connectivity index (χ0n) is 10.8. The van der Waals surface area contributed by atoms with Gasteiger partial charge >= 0.3 is 0 Å². The highest BCUT2D eigenvalue weighted by molar-refractivity contribution is 6.29. The van der Waals surface area contributed by atoms with Gasteiger partial charge in [-0.3, -0.25) is 0 Å². The Morgan fingerprint density at radius 2 is 2.05 bits per heavy atom. The molecule has 3 N–H and O–H groups in total. The minimum absolute atomic E-state index is 0.00571. The summed E-state index contributed by atoms with van der Waals surface area (Å²) < 4.78 is 5.81. The number of anilines is 2. The summed E-state index contributed by atoms with van der Waals surface area (Å²) in [6.45, 7) is 0.714. The lowest BCUT2D eigenvalue weighted by Gasteiger charge is -2.20. The van der Waals surface area contributed by atoms with E-state index in [9.17, 15) is 0 Å². The number of hydrogen-bond acceptors (Lipinski definition) is 5. The van der Waals surface area contributed by atoms with Crippen LogP contribution in [0, 0.1) is 0 Å². The third-order valence-corrected chi connectivity index (χ3v) is 3.46. The van der Waals surface area contributed by atoms with E-state index < -0.39 is 0 Å². The minimum atomic E-state index is 0.00571. The van der Waals surface area contributed by atoms with Crippen molar-refractivity contribution in [2.24, 2.45) is 0 Å². The molecule has 0 spiro atoms. The van der Waals surface area contributed by atoms with E-state index in [1.54, 1.807) is 6.07 Å². The zero-order valence-corrected chi connectivity index (χ0v) is 11.5. The van der Waals surface area contributed by atoms with Crippen molar-refractivity contribution in [1.29, 1.82) is 0 Å². The molecule has 5 nitrogen and oxygen atoms in total. The molecule has 2 aromatic rings. The second kappa shape index (κ2) is 5.64.